The molecule has 0 fully saturated rings. The molecule has 0 spiro atoms. The van der Waals surface area contributed by atoms with Crippen molar-refractivity contribution >= 4 is 17.3 Å². The van der Waals surface area contributed by atoms with Crippen LogP contribution in [-0.2, 0) is 6.54 Å². The second-order valence-electron chi connectivity index (χ2n) is 5.88. The smallest absolute Gasteiger partial charge is 0.0444 e. The number of halogens is 1. The quantitative estimate of drug-likeness (QED) is 0.508. The second kappa shape index (κ2) is 7.90. The van der Waals surface area contributed by atoms with Crippen LogP contribution in [0.4, 0.5) is 0 Å². The maximum Gasteiger partial charge on any atom is 0.0444 e. The molecule has 0 aliphatic rings. The molecular formula is C22H22ClN. The number of nitrogens with zero attached hydrogens (tertiary/aromatic N) is 1. The van der Waals surface area contributed by atoms with Gasteiger partial charge < -0.3 is 4.90 Å². The highest BCUT2D eigenvalue weighted by Crippen LogP contribution is 2.27. The summed E-state index contributed by atoms with van der Waals surface area (Å²) in [6.07, 6.45) is 9.22. The standard InChI is InChI=1S/C22H22ClN/c1-6-8-22(20-13-16(3)17(4)21(23)14-20)24(5)15-19-11-9-18(7-2)10-12-19/h2,6,8-14H,1,15H2,3-5H3/b22-8-. The first-order valence-electron chi connectivity index (χ1n) is 7.82. The van der Waals surface area contributed by atoms with Crippen molar-refractivity contribution in [3.8, 4) is 12.3 Å². The first-order chi connectivity index (χ1) is 11.5. The Bertz CT molecular complexity index is 784. The van der Waals surface area contributed by atoms with E-state index in [0.717, 1.165) is 34.0 Å². The molecule has 0 atom stereocenters. The monoisotopic (exact) mass is 335 g/mol. The van der Waals surface area contributed by atoms with Crippen LogP contribution in [0.3, 0.4) is 0 Å². The van der Waals surface area contributed by atoms with Crippen LogP contribution in [0.15, 0.2) is 55.1 Å². The highest BCUT2D eigenvalue weighted by atomic mass is 35.5. The molecule has 0 amide bonds. The van der Waals surface area contributed by atoms with Gasteiger partial charge in [-0.1, -0.05) is 42.3 Å². The molecule has 1 nitrogen and oxygen atoms in total. The Labute approximate surface area is 150 Å². The lowest BCUT2D eigenvalue weighted by Gasteiger charge is -2.24. The first-order valence-corrected chi connectivity index (χ1v) is 8.20. The Kier molecular flexibility index (Phi) is 5.90. The van der Waals surface area contributed by atoms with Crippen molar-refractivity contribution in [2.75, 3.05) is 7.05 Å². The van der Waals surface area contributed by atoms with Crippen LogP contribution in [-0.4, -0.2) is 11.9 Å². The van der Waals surface area contributed by atoms with E-state index in [-0.39, 0.29) is 0 Å². The fraction of sp³-hybridized carbons (Fsp3) is 0.182. The summed E-state index contributed by atoms with van der Waals surface area (Å²) in [5.41, 5.74) is 6.55. The zero-order valence-electron chi connectivity index (χ0n) is 14.4. The van der Waals surface area contributed by atoms with E-state index in [9.17, 15) is 0 Å². The molecule has 0 saturated heterocycles. The molecule has 0 heterocycles. The normalized spacial score (nSPS) is 11.0. The molecule has 0 saturated carbocycles. The van der Waals surface area contributed by atoms with Crippen molar-refractivity contribution in [1.82, 2.24) is 4.90 Å². The average Bonchev–Trinajstić information content (AvgIpc) is 2.57. The number of aryl methyl sites for hydroxylation is 1. The van der Waals surface area contributed by atoms with Gasteiger partial charge in [0, 0.05) is 29.9 Å². The predicted octanol–water partition coefficient (Wildman–Crippen LogP) is 5.60. The maximum atomic E-state index is 6.37. The van der Waals surface area contributed by atoms with Crippen molar-refractivity contribution < 1.29 is 0 Å². The molecular weight excluding hydrogens is 314 g/mol. The summed E-state index contributed by atoms with van der Waals surface area (Å²) in [7, 11) is 2.06. The van der Waals surface area contributed by atoms with E-state index in [4.69, 9.17) is 18.0 Å². The van der Waals surface area contributed by atoms with Crippen molar-refractivity contribution in [3.63, 3.8) is 0 Å². The lowest BCUT2D eigenvalue weighted by molar-refractivity contribution is 0.475. The molecule has 24 heavy (non-hydrogen) atoms. The van der Waals surface area contributed by atoms with Gasteiger partial charge in [-0.2, -0.15) is 0 Å². The van der Waals surface area contributed by atoms with E-state index in [0.29, 0.717) is 0 Å². The number of allylic oxidation sites excluding steroid dienone is 2. The van der Waals surface area contributed by atoms with Crippen molar-refractivity contribution in [2.45, 2.75) is 20.4 Å². The lowest BCUT2D eigenvalue weighted by atomic mass is 10.0. The van der Waals surface area contributed by atoms with Gasteiger partial charge in [0.25, 0.3) is 0 Å². The van der Waals surface area contributed by atoms with Gasteiger partial charge >= 0.3 is 0 Å². The van der Waals surface area contributed by atoms with E-state index in [1.165, 1.54) is 11.1 Å². The van der Waals surface area contributed by atoms with Crippen molar-refractivity contribution in [1.29, 1.82) is 0 Å². The van der Waals surface area contributed by atoms with Crippen LogP contribution in [0, 0.1) is 26.2 Å². The largest absolute Gasteiger partial charge is 0.370 e. The van der Waals surface area contributed by atoms with Gasteiger partial charge in [-0.3, -0.25) is 0 Å². The van der Waals surface area contributed by atoms with Crippen molar-refractivity contribution in [3.05, 3.63) is 88.0 Å². The van der Waals surface area contributed by atoms with Crippen LogP contribution in [0.2, 0.25) is 5.02 Å². The number of hydrogen-bond donors (Lipinski definition) is 0. The minimum absolute atomic E-state index is 0.773. The summed E-state index contributed by atoms with van der Waals surface area (Å²) < 4.78 is 0. The van der Waals surface area contributed by atoms with E-state index < -0.39 is 0 Å². The molecule has 2 aromatic carbocycles. The highest BCUT2D eigenvalue weighted by molar-refractivity contribution is 6.31. The average molecular weight is 336 g/mol. The highest BCUT2D eigenvalue weighted by Gasteiger charge is 2.11. The molecule has 0 aliphatic heterocycles. The summed E-state index contributed by atoms with van der Waals surface area (Å²) in [6, 6.07) is 12.2. The van der Waals surface area contributed by atoms with Crippen LogP contribution in [0.25, 0.3) is 5.70 Å². The molecule has 0 unspecified atom stereocenters. The van der Waals surface area contributed by atoms with Crippen LogP contribution >= 0.6 is 11.6 Å². The minimum atomic E-state index is 0.773. The fourth-order valence-electron chi connectivity index (χ4n) is 2.59. The van der Waals surface area contributed by atoms with Crippen LogP contribution < -0.4 is 0 Å². The van der Waals surface area contributed by atoms with Gasteiger partial charge in [0.05, 0.1) is 0 Å². The van der Waals surface area contributed by atoms with Gasteiger partial charge in [-0.15, -0.1) is 6.42 Å². The predicted molar refractivity (Wildman–Crippen MR) is 105 cm³/mol. The Morgan fingerprint density at radius 2 is 1.92 bits per heavy atom. The second-order valence-corrected chi connectivity index (χ2v) is 6.29. The van der Waals surface area contributed by atoms with Gasteiger partial charge in [-0.05, 0) is 66.4 Å². The number of terminal acetylenes is 1. The number of rotatable bonds is 5. The van der Waals surface area contributed by atoms with Gasteiger partial charge in [0.2, 0.25) is 0 Å². The Hall–Kier alpha value is -2.43. The maximum absolute atomic E-state index is 6.37. The zero-order valence-corrected chi connectivity index (χ0v) is 15.2. The Morgan fingerprint density at radius 1 is 1.25 bits per heavy atom. The van der Waals surface area contributed by atoms with Crippen LogP contribution in [0.5, 0.6) is 0 Å². The number of benzene rings is 2. The van der Waals surface area contributed by atoms with E-state index in [2.05, 4.69) is 49.6 Å². The molecule has 2 rings (SSSR count). The van der Waals surface area contributed by atoms with E-state index in [1.807, 2.05) is 31.2 Å². The molecule has 0 aromatic heterocycles. The van der Waals surface area contributed by atoms with E-state index >= 15 is 0 Å². The minimum Gasteiger partial charge on any atom is -0.370 e. The molecule has 2 heteroatoms. The third-order valence-corrected chi connectivity index (χ3v) is 4.52. The zero-order chi connectivity index (χ0) is 17.7. The number of hydrogen-bond acceptors (Lipinski definition) is 1. The third kappa shape index (κ3) is 4.10. The van der Waals surface area contributed by atoms with E-state index in [1.54, 1.807) is 6.08 Å². The van der Waals surface area contributed by atoms with Gasteiger partial charge in [0.15, 0.2) is 0 Å². The molecule has 0 radical (unpaired) electrons. The molecule has 0 aliphatic carbocycles. The summed E-state index contributed by atoms with van der Waals surface area (Å²) in [6.45, 7) is 8.73. The fourth-order valence-corrected chi connectivity index (χ4v) is 2.85. The summed E-state index contributed by atoms with van der Waals surface area (Å²) >= 11 is 6.37. The molecule has 2 aromatic rings. The van der Waals surface area contributed by atoms with Crippen LogP contribution in [0.1, 0.15) is 27.8 Å². The molecule has 122 valence electrons. The molecule has 0 N–H and O–H groups in total. The summed E-state index contributed by atoms with van der Waals surface area (Å²) in [5, 5.41) is 0.784. The first kappa shape index (κ1) is 17.9. The topological polar surface area (TPSA) is 3.24 Å². The van der Waals surface area contributed by atoms with Crippen molar-refractivity contribution in [2.24, 2.45) is 0 Å². The summed E-state index contributed by atoms with van der Waals surface area (Å²) in [4.78, 5) is 2.19. The Morgan fingerprint density at radius 3 is 2.46 bits per heavy atom. The molecule has 0 bridgehead atoms. The lowest BCUT2D eigenvalue weighted by Crippen LogP contribution is -2.16. The summed E-state index contributed by atoms with van der Waals surface area (Å²) in [5.74, 6) is 2.64. The van der Waals surface area contributed by atoms with Gasteiger partial charge in [-0.25, -0.2) is 0 Å². The third-order valence-electron chi connectivity index (χ3n) is 4.13. The Balaban J connectivity index is 2.31. The van der Waals surface area contributed by atoms with Gasteiger partial charge in [0.1, 0.15) is 0 Å². The SMILES string of the molecule is C#Cc1ccc(CN(C)/C(=C\C=C)c2cc(C)c(C)c(Cl)c2)cc1.